The van der Waals surface area contributed by atoms with Crippen LogP contribution in [0.2, 0.25) is 0 Å². The minimum atomic E-state index is -0.524. The first-order valence-electron chi connectivity index (χ1n) is 4.42. The van der Waals surface area contributed by atoms with E-state index in [0.29, 0.717) is 6.42 Å². The molecule has 0 radical (unpaired) electrons. The Balaban J connectivity index is 4.23. The molecule has 0 saturated heterocycles. The molecule has 3 nitrogen and oxygen atoms in total. The largest absolute Gasteiger partial charge is 0.442 e. The quantitative estimate of drug-likeness (QED) is 0.676. The van der Waals surface area contributed by atoms with Gasteiger partial charge in [-0.1, -0.05) is 13.3 Å². The predicted molar refractivity (Wildman–Crippen MR) is 52.3 cm³/mol. The number of hydrogen-bond acceptors (Lipinski definition) is 2. The van der Waals surface area contributed by atoms with Crippen LogP contribution in [0, 0.1) is 12.3 Å². The van der Waals surface area contributed by atoms with Crippen LogP contribution in [0.4, 0.5) is 4.79 Å². The van der Waals surface area contributed by atoms with E-state index in [1.54, 1.807) is 0 Å². The average Bonchev–Trinajstić information content (AvgIpc) is 2.04. The zero-order chi connectivity index (χ0) is 10.3. The van der Waals surface area contributed by atoms with Crippen LogP contribution in [0.25, 0.3) is 0 Å². The van der Waals surface area contributed by atoms with Crippen molar-refractivity contribution in [3.8, 4) is 12.3 Å². The molecular formula is C10H17NO2. The Labute approximate surface area is 79.8 Å². The summed E-state index contributed by atoms with van der Waals surface area (Å²) in [6, 6.07) is 0. The molecule has 0 aromatic carbocycles. The lowest BCUT2D eigenvalue weighted by Gasteiger charge is -2.26. The number of carbonyl (C=O) groups is 1. The van der Waals surface area contributed by atoms with Crippen LogP contribution in [-0.4, -0.2) is 18.7 Å². The maximum Gasteiger partial charge on any atom is 0.407 e. The van der Waals surface area contributed by atoms with E-state index in [-0.39, 0.29) is 0 Å². The molecule has 1 atom stereocenters. The van der Waals surface area contributed by atoms with Crippen LogP contribution in [0.5, 0.6) is 0 Å². The van der Waals surface area contributed by atoms with Crippen LogP contribution in [-0.2, 0) is 4.74 Å². The monoisotopic (exact) mass is 183 g/mol. The number of alkyl carbamates (subject to hydrolysis) is 1. The first-order valence-corrected chi connectivity index (χ1v) is 4.42. The van der Waals surface area contributed by atoms with Gasteiger partial charge in [0.1, 0.15) is 5.60 Å². The van der Waals surface area contributed by atoms with Crippen molar-refractivity contribution in [3.05, 3.63) is 0 Å². The molecule has 0 aliphatic rings. The van der Waals surface area contributed by atoms with Gasteiger partial charge in [0.2, 0.25) is 0 Å². The third kappa shape index (κ3) is 4.41. The summed E-state index contributed by atoms with van der Waals surface area (Å²) < 4.78 is 5.18. The van der Waals surface area contributed by atoms with Gasteiger partial charge in [0.05, 0.1) is 0 Å². The van der Waals surface area contributed by atoms with Gasteiger partial charge in [-0.2, -0.15) is 0 Å². The van der Waals surface area contributed by atoms with Gasteiger partial charge in [-0.05, 0) is 13.3 Å². The molecule has 0 aliphatic carbocycles. The molecule has 1 N–H and O–H groups in total. The van der Waals surface area contributed by atoms with Crippen molar-refractivity contribution in [1.82, 2.24) is 5.32 Å². The van der Waals surface area contributed by atoms with Gasteiger partial charge in [0.15, 0.2) is 0 Å². The maximum absolute atomic E-state index is 11.0. The Morgan fingerprint density at radius 2 is 2.31 bits per heavy atom. The molecule has 0 heterocycles. The molecule has 3 heteroatoms. The Hall–Kier alpha value is -1.17. The van der Waals surface area contributed by atoms with Crippen LogP contribution in [0.15, 0.2) is 0 Å². The lowest BCUT2D eigenvalue weighted by molar-refractivity contribution is 0.0230. The number of ether oxygens (including phenoxy) is 1. The molecule has 13 heavy (non-hydrogen) atoms. The van der Waals surface area contributed by atoms with Gasteiger partial charge in [0.25, 0.3) is 0 Å². The minimum absolute atomic E-state index is 0.425. The number of rotatable bonds is 4. The fraction of sp³-hybridized carbons (Fsp3) is 0.700. The molecule has 0 fully saturated rings. The van der Waals surface area contributed by atoms with Crippen molar-refractivity contribution in [2.24, 2.45) is 0 Å². The second-order valence-electron chi connectivity index (χ2n) is 3.22. The van der Waals surface area contributed by atoms with E-state index in [1.807, 2.05) is 13.8 Å². The molecule has 0 rings (SSSR count). The van der Waals surface area contributed by atoms with Crippen molar-refractivity contribution < 1.29 is 9.53 Å². The summed E-state index contributed by atoms with van der Waals surface area (Å²) in [4.78, 5) is 11.0. The topological polar surface area (TPSA) is 38.3 Å². The Bertz CT molecular complexity index is 207. The smallest absolute Gasteiger partial charge is 0.407 e. The van der Waals surface area contributed by atoms with E-state index in [2.05, 4.69) is 11.2 Å². The Morgan fingerprint density at radius 1 is 1.69 bits per heavy atom. The van der Waals surface area contributed by atoms with Crippen molar-refractivity contribution in [3.63, 3.8) is 0 Å². The second-order valence-corrected chi connectivity index (χ2v) is 3.22. The summed E-state index contributed by atoms with van der Waals surface area (Å²) in [6.07, 6.45) is 6.95. The van der Waals surface area contributed by atoms with Crippen molar-refractivity contribution >= 4 is 6.09 Å². The highest BCUT2D eigenvalue weighted by molar-refractivity contribution is 5.67. The fourth-order valence-corrected chi connectivity index (χ4v) is 1.20. The highest BCUT2D eigenvalue weighted by Gasteiger charge is 2.26. The lowest BCUT2D eigenvalue weighted by Crippen LogP contribution is -2.35. The summed E-state index contributed by atoms with van der Waals surface area (Å²) in [5.41, 5.74) is -0.524. The molecule has 1 amide bonds. The van der Waals surface area contributed by atoms with Crippen LogP contribution in [0.1, 0.15) is 33.1 Å². The van der Waals surface area contributed by atoms with Gasteiger partial charge >= 0.3 is 6.09 Å². The van der Waals surface area contributed by atoms with Crippen molar-refractivity contribution in [2.75, 3.05) is 7.05 Å². The molecule has 0 aliphatic heterocycles. The van der Waals surface area contributed by atoms with Crippen LogP contribution < -0.4 is 5.32 Å². The molecular weight excluding hydrogens is 166 g/mol. The molecule has 1 unspecified atom stereocenters. The Morgan fingerprint density at radius 3 is 2.69 bits per heavy atom. The highest BCUT2D eigenvalue weighted by atomic mass is 16.6. The number of amides is 1. The third-order valence-electron chi connectivity index (χ3n) is 1.80. The number of carbonyl (C=O) groups excluding carboxylic acids is 1. The van der Waals surface area contributed by atoms with Gasteiger partial charge in [-0.15, -0.1) is 12.3 Å². The molecule has 0 aromatic heterocycles. The van der Waals surface area contributed by atoms with E-state index in [0.717, 1.165) is 12.8 Å². The lowest BCUT2D eigenvalue weighted by atomic mass is 9.97. The summed E-state index contributed by atoms with van der Waals surface area (Å²) in [5, 5.41) is 2.41. The third-order valence-corrected chi connectivity index (χ3v) is 1.80. The normalized spacial score (nSPS) is 14.0. The van der Waals surface area contributed by atoms with Gasteiger partial charge < -0.3 is 10.1 Å². The van der Waals surface area contributed by atoms with Gasteiger partial charge in [0, 0.05) is 13.5 Å². The van der Waals surface area contributed by atoms with E-state index in [1.165, 1.54) is 7.05 Å². The number of terminal acetylenes is 1. The molecule has 0 bridgehead atoms. The standard InChI is InChI=1S/C10H17NO2/c1-5-7-10(3,8-6-2)13-9(12)11-4/h1H,6-8H2,2-4H3,(H,11,12). The van der Waals surface area contributed by atoms with E-state index in [9.17, 15) is 4.79 Å². The minimum Gasteiger partial charge on any atom is -0.442 e. The summed E-state index contributed by atoms with van der Waals surface area (Å²) >= 11 is 0. The Kier molecular flexibility index (Phi) is 4.98. The number of nitrogens with one attached hydrogen (secondary N) is 1. The zero-order valence-electron chi connectivity index (χ0n) is 8.52. The molecule has 0 saturated carbocycles. The maximum atomic E-state index is 11.0. The summed E-state index contributed by atoms with van der Waals surface area (Å²) in [5.74, 6) is 2.52. The second kappa shape index (κ2) is 5.47. The van der Waals surface area contributed by atoms with Gasteiger partial charge in [-0.3, -0.25) is 0 Å². The zero-order valence-corrected chi connectivity index (χ0v) is 8.52. The first-order chi connectivity index (χ1) is 6.08. The number of hydrogen-bond donors (Lipinski definition) is 1. The fourth-order valence-electron chi connectivity index (χ4n) is 1.20. The SMILES string of the molecule is C#CCC(C)(CCC)OC(=O)NC. The van der Waals surface area contributed by atoms with E-state index < -0.39 is 11.7 Å². The predicted octanol–water partition coefficient (Wildman–Crippen LogP) is 1.92. The first kappa shape index (κ1) is 11.8. The van der Waals surface area contributed by atoms with Crippen molar-refractivity contribution in [1.29, 1.82) is 0 Å². The van der Waals surface area contributed by atoms with Crippen LogP contribution >= 0.6 is 0 Å². The summed E-state index contributed by atoms with van der Waals surface area (Å²) in [6.45, 7) is 3.88. The molecule has 74 valence electrons. The highest BCUT2D eigenvalue weighted by Crippen LogP contribution is 2.21. The average molecular weight is 183 g/mol. The van der Waals surface area contributed by atoms with Crippen LogP contribution in [0.3, 0.4) is 0 Å². The van der Waals surface area contributed by atoms with E-state index in [4.69, 9.17) is 11.2 Å². The van der Waals surface area contributed by atoms with E-state index >= 15 is 0 Å². The summed E-state index contributed by atoms with van der Waals surface area (Å²) in [7, 11) is 1.53. The van der Waals surface area contributed by atoms with Gasteiger partial charge in [-0.25, -0.2) is 4.79 Å². The molecule has 0 aromatic rings. The van der Waals surface area contributed by atoms with Crippen molar-refractivity contribution in [2.45, 2.75) is 38.7 Å². The molecule has 0 spiro atoms.